The minimum absolute atomic E-state index is 0.0917. The molecule has 0 saturated carbocycles. The first-order valence-corrected chi connectivity index (χ1v) is 7.27. The van der Waals surface area contributed by atoms with Crippen LogP contribution < -0.4 is 5.32 Å². The number of nitrogens with one attached hydrogen (secondary N) is 1. The van der Waals surface area contributed by atoms with Crippen molar-refractivity contribution in [1.82, 2.24) is 24.9 Å². The van der Waals surface area contributed by atoms with E-state index in [1.54, 1.807) is 6.20 Å². The highest BCUT2D eigenvalue weighted by Gasteiger charge is 2.14. The molecule has 0 bridgehead atoms. The van der Waals surface area contributed by atoms with E-state index in [0.29, 0.717) is 18.3 Å². The van der Waals surface area contributed by atoms with Gasteiger partial charge in [0.1, 0.15) is 11.9 Å². The molecule has 1 atom stereocenters. The van der Waals surface area contributed by atoms with Crippen LogP contribution in [0.2, 0.25) is 0 Å². The molecule has 3 rings (SSSR count). The van der Waals surface area contributed by atoms with E-state index in [9.17, 15) is 0 Å². The standard InChI is InChI=1S/C15H18N6O/c1-3-13-18-15(22-20-13)11(2)17-14-7-9-21(19-14)10-12-6-4-5-8-16-12/h4-9,11H,3,10H2,1-2H3,(H,17,19)/t11-/m1/s1. The maximum Gasteiger partial charge on any atom is 0.248 e. The van der Waals surface area contributed by atoms with Crippen molar-refractivity contribution < 1.29 is 4.52 Å². The van der Waals surface area contributed by atoms with Crippen LogP contribution >= 0.6 is 0 Å². The van der Waals surface area contributed by atoms with E-state index >= 15 is 0 Å². The van der Waals surface area contributed by atoms with Gasteiger partial charge in [-0.05, 0) is 19.1 Å². The average Bonchev–Trinajstić information content (AvgIpc) is 3.17. The first-order valence-electron chi connectivity index (χ1n) is 7.27. The lowest BCUT2D eigenvalue weighted by Gasteiger charge is -2.07. The molecular formula is C15H18N6O. The van der Waals surface area contributed by atoms with Crippen LogP contribution in [0.15, 0.2) is 41.2 Å². The normalized spacial score (nSPS) is 12.3. The topological polar surface area (TPSA) is 81.7 Å². The highest BCUT2D eigenvalue weighted by Crippen LogP contribution is 2.16. The number of aryl methyl sites for hydroxylation is 1. The van der Waals surface area contributed by atoms with Gasteiger partial charge in [0.25, 0.3) is 0 Å². The summed E-state index contributed by atoms with van der Waals surface area (Å²) in [5.74, 6) is 2.04. The van der Waals surface area contributed by atoms with E-state index in [1.165, 1.54) is 0 Å². The molecule has 1 N–H and O–H groups in total. The van der Waals surface area contributed by atoms with Gasteiger partial charge in [0.2, 0.25) is 5.89 Å². The molecule has 0 unspecified atom stereocenters. The van der Waals surface area contributed by atoms with Gasteiger partial charge in [-0.1, -0.05) is 18.1 Å². The summed E-state index contributed by atoms with van der Waals surface area (Å²) < 4.78 is 7.06. The number of aromatic nitrogens is 5. The lowest BCUT2D eigenvalue weighted by molar-refractivity contribution is 0.363. The van der Waals surface area contributed by atoms with Crippen molar-refractivity contribution in [2.24, 2.45) is 0 Å². The molecule has 3 aromatic rings. The minimum Gasteiger partial charge on any atom is -0.357 e. The third kappa shape index (κ3) is 3.30. The van der Waals surface area contributed by atoms with Crippen LogP contribution in [0.4, 0.5) is 5.82 Å². The Morgan fingerprint density at radius 1 is 1.32 bits per heavy atom. The van der Waals surface area contributed by atoms with Crippen molar-refractivity contribution in [3.8, 4) is 0 Å². The Morgan fingerprint density at radius 2 is 2.23 bits per heavy atom. The Balaban J connectivity index is 1.63. The molecule has 7 heteroatoms. The number of pyridine rings is 1. The molecule has 0 aliphatic carbocycles. The fraction of sp³-hybridized carbons (Fsp3) is 0.333. The van der Waals surface area contributed by atoms with Gasteiger partial charge in [-0.2, -0.15) is 10.1 Å². The van der Waals surface area contributed by atoms with Crippen molar-refractivity contribution in [3.05, 3.63) is 54.1 Å². The predicted octanol–water partition coefficient (Wildman–Crippen LogP) is 2.44. The second-order valence-corrected chi connectivity index (χ2v) is 4.99. The van der Waals surface area contributed by atoms with Crippen molar-refractivity contribution >= 4 is 5.82 Å². The van der Waals surface area contributed by atoms with E-state index in [-0.39, 0.29) is 6.04 Å². The first-order chi connectivity index (χ1) is 10.7. The van der Waals surface area contributed by atoms with Gasteiger partial charge in [-0.3, -0.25) is 9.67 Å². The summed E-state index contributed by atoms with van der Waals surface area (Å²) in [6.45, 7) is 4.59. The number of rotatable bonds is 6. The lowest BCUT2D eigenvalue weighted by atomic mass is 10.3. The molecule has 0 aliphatic heterocycles. The summed E-state index contributed by atoms with van der Waals surface area (Å²) in [5.41, 5.74) is 0.967. The summed E-state index contributed by atoms with van der Waals surface area (Å²) in [4.78, 5) is 8.60. The van der Waals surface area contributed by atoms with Gasteiger partial charge in [-0.25, -0.2) is 0 Å². The molecule has 0 spiro atoms. The van der Waals surface area contributed by atoms with Crippen molar-refractivity contribution in [3.63, 3.8) is 0 Å². The summed E-state index contributed by atoms with van der Waals surface area (Å²) >= 11 is 0. The zero-order valence-electron chi connectivity index (χ0n) is 12.6. The molecule has 0 saturated heterocycles. The van der Waals surface area contributed by atoms with E-state index < -0.39 is 0 Å². The highest BCUT2D eigenvalue weighted by molar-refractivity contribution is 5.34. The fourth-order valence-electron chi connectivity index (χ4n) is 2.05. The SMILES string of the molecule is CCc1noc([C@@H](C)Nc2ccn(Cc3ccccn3)n2)n1. The Kier molecular flexibility index (Phi) is 4.13. The average molecular weight is 298 g/mol. The zero-order valence-corrected chi connectivity index (χ0v) is 12.6. The minimum atomic E-state index is -0.0917. The smallest absolute Gasteiger partial charge is 0.248 e. The molecule has 0 aliphatic rings. The summed E-state index contributed by atoms with van der Waals surface area (Å²) in [7, 11) is 0. The summed E-state index contributed by atoms with van der Waals surface area (Å²) in [6, 6.07) is 7.66. The molecule has 7 nitrogen and oxygen atoms in total. The highest BCUT2D eigenvalue weighted by atomic mass is 16.5. The van der Waals surface area contributed by atoms with Crippen molar-refractivity contribution in [1.29, 1.82) is 0 Å². The monoisotopic (exact) mass is 298 g/mol. The predicted molar refractivity (Wildman–Crippen MR) is 81.3 cm³/mol. The van der Waals surface area contributed by atoms with Crippen molar-refractivity contribution in [2.75, 3.05) is 5.32 Å². The zero-order chi connectivity index (χ0) is 15.4. The summed E-state index contributed by atoms with van der Waals surface area (Å²) in [5, 5.41) is 11.6. The van der Waals surface area contributed by atoms with Gasteiger partial charge in [0, 0.05) is 24.9 Å². The van der Waals surface area contributed by atoms with E-state index in [4.69, 9.17) is 4.52 Å². The Bertz CT molecular complexity index is 720. The molecule has 0 fully saturated rings. The number of hydrogen-bond donors (Lipinski definition) is 1. The molecule has 114 valence electrons. The van der Waals surface area contributed by atoms with Gasteiger partial charge in [-0.15, -0.1) is 0 Å². The number of nitrogens with zero attached hydrogens (tertiary/aromatic N) is 5. The molecule has 0 radical (unpaired) electrons. The van der Waals surface area contributed by atoms with Crippen LogP contribution in [0.3, 0.4) is 0 Å². The molecule has 0 aromatic carbocycles. The van der Waals surface area contributed by atoms with E-state index in [2.05, 4.69) is 25.5 Å². The van der Waals surface area contributed by atoms with Crippen molar-refractivity contribution in [2.45, 2.75) is 32.9 Å². The molecule has 22 heavy (non-hydrogen) atoms. The fourth-order valence-corrected chi connectivity index (χ4v) is 2.05. The van der Waals surface area contributed by atoms with Crippen LogP contribution in [0, 0.1) is 0 Å². The van der Waals surface area contributed by atoms with E-state index in [0.717, 1.165) is 17.9 Å². The number of hydrogen-bond acceptors (Lipinski definition) is 6. The van der Waals surface area contributed by atoms with Crippen LogP contribution in [-0.2, 0) is 13.0 Å². The maximum atomic E-state index is 5.22. The molecule has 3 heterocycles. The number of anilines is 1. The maximum absolute atomic E-state index is 5.22. The van der Waals surface area contributed by atoms with Crippen LogP contribution in [0.25, 0.3) is 0 Å². The van der Waals surface area contributed by atoms with Crippen LogP contribution in [-0.4, -0.2) is 24.9 Å². The van der Waals surface area contributed by atoms with Crippen LogP contribution in [0.1, 0.15) is 37.3 Å². The van der Waals surface area contributed by atoms with Crippen LogP contribution in [0.5, 0.6) is 0 Å². The van der Waals surface area contributed by atoms with Gasteiger partial charge < -0.3 is 9.84 Å². The quantitative estimate of drug-likeness (QED) is 0.752. The van der Waals surface area contributed by atoms with Gasteiger partial charge >= 0.3 is 0 Å². The van der Waals surface area contributed by atoms with Gasteiger partial charge in [0.05, 0.1) is 12.2 Å². The molecule has 0 amide bonds. The van der Waals surface area contributed by atoms with E-state index in [1.807, 2.05) is 49.0 Å². The Labute approximate surface area is 128 Å². The third-order valence-electron chi connectivity index (χ3n) is 3.23. The molecular weight excluding hydrogens is 280 g/mol. The second-order valence-electron chi connectivity index (χ2n) is 4.99. The first kappa shape index (κ1) is 14.2. The Hall–Kier alpha value is -2.70. The largest absolute Gasteiger partial charge is 0.357 e. The lowest BCUT2D eigenvalue weighted by Crippen LogP contribution is -2.09. The molecule has 3 aromatic heterocycles. The summed E-state index contributed by atoms with van der Waals surface area (Å²) in [6.07, 6.45) is 4.45. The Morgan fingerprint density at radius 3 is 2.95 bits per heavy atom. The van der Waals surface area contributed by atoms with Gasteiger partial charge in [0.15, 0.2) is 5.82 Å². The third-order valence-corrected chi connectivity index (χ3v) is 3.23. The second kappa shape index (κ2) is 6.38.